The lowest BCUT2D eigenvalue weighted by molar-refractivity contribution is -0.138. The van der Waals surface area contributed by atoms with Crippen LogP contribution in [-0.2, 0) is 14.6 Å². The van der Waals surface area contributed by atoms with Crippen LogP contribution in [0.3, 0.4) is 0 Å². The van der Waals surface area contributed by atoms with Gasteiger partial charge in [-0.3, -0.25) is 14.5 Å². The number of fused-ring (bicyclic) bond motifs is 1. The molecule has 0 saturated carbocycles. The van der Waals surface area contributed by atoms with Gasteiger partial charge in [-0.2, -0.15) is 0 Å². The lowest BCUT2D eigenvalue weighted by atomic mass is 10.0. The third-order valence-corrected chi connectivity index (χ3v) is 6.29. The van der Waals surface area contributed by atoms with Gasteiger partial charge in [-0.25, -0.2) is 8.42 Å². The lowest BCUT2D eigenvalue weighted by Crippen LogP contribution is -2.67. The van der Waals surface area contributed by atoms with Gasteiger partial charge in [0.15, 0.2) is 15.2 Å². The van der Waals surface area contributed by atoms with Crippen molar-refractivity contribution >= 4 is 33.1 Å². The van der Waals surface area contributed by atoms with E-state index >= 15 is 0 Å². The highest BCUT2D eigenvalue weighted by molar-refractivity contribution is 7.92. The zero-order chi connectivity index (χ0) is 15.4. The Morgan fingerprint density at radius 1 is 1.29 bits per heavy atom. The molecule has 1 fully saturated rings. The number of halogens is 1. The summed E-state index contributed by atoms with van der Waals surface area (Å²) in [5, 5.41) is -2.24. The molecule has 0 aliphatic carbocycles. The van der Waals surface area contributed by atoms with Crippen molar-refractivity contribution in [3.63, 3.8) is 0 Å². The fourth-order valence-electron chi connectivity index (χ4n) is 2.70. The average molecular weight is 326 g/mol. The molecule has 0 bridgehead atoms. The SMILES string of the molecule is CC1=C(C(=O)c2ccccc2)N2C(=O)[C@H](Cl)[C@@H]2S(=O)(=O)C1. The van der Waals surface area contributed by atoms with E-state index in [1.165, 1.54) is 0 Å². The Kier molecular flexibility index (Phi) is 3.18. The number of hydrogen-bond acceptors (Lipinski definition) is 4. The first-order chi connectivity index (χ1) is 9.84. The molecule has 21 heavy (non-hydrogen) atoms. The summed E-state index contributed by atoms with van der Waals surface area (Å²) in [6, 6.07) is 8.45. The van der Waals surface area contributed by atoms with Gasteiger partial charge < -0.3 is 0 Å². The van der Waals surface area contributed by atoms with Gasteiger partial charge in [0.2, 0.25) is 11.7 Å². The quantitative estimate of drug-likeness (QED) is 0.467. The number of hydrogen-bond donors (Lipinski definition) is 0. The van der Waals surface area contributed by atoms with Gasteiger partial charge in [-0.15, -0.1) is 11.6 Å². The van der Waals surface area contributed by atoms with Crippen LogP contribution in [0.25, 0.3) is 0 Å². The van der Waals surface area contributed by atoms with Gasteiger partial charge in [-0.05, 0) is 12.5 Å². The number of allylic oxidation sites excluding steroid dienone is 1. The number of alkyl halides is 1. The van der Waals surface area contributed by atoms with E-state index in [0.29, 0.717) is 11.1 Å². The van der Waals surface area contributed by atoms with Crippen LogP contribution in [0.4, 0.5) is 0 Å². The van der Waals surface area contributed by atoms with Crippen molar-refractivity contribution in [3.8, 4) is 0 Å². The van der Waals surface area contributed by atoms with Gasteiger partial charge in [0, 0.05) is 5.56 Å². The highest BCUT2D eigenvalue weighted by atomic mass is 35.5. The number of ketones is 1. The zero-order valence-electron chi connectivity index (χ0n) is 11.1. The number of nitrogens with zero attached hydrogens (tertiary/aromatic N) is 1. The summed E-state index contributed by atoms with van der Waals surface area (Å²) < 4.78 is 24.2. The number of rotatable bonds is 2. The molecular formula is C14H12ClNO4S. The summed E-state index contributed by atoms with van der Waals surface area (Å²) in [4.78, 5) is 25.5. The van der Waals surface area contributed by atoms with Crippen LogP contribution in [0, 0.1) is 0 Å². The second-order valence-electron chi connectivity index (χ2n) is 5.13. The first kappa shape index (κ1) is 14.3. The third kappa shape index (κ3) is 2.01. The van der Waals surface area contributed by atoms with Crippen molar-refractivity contribution in [1.29, 1.82) is 0 Å². The highest BCUT2D eigenvalue weighted by Gasteiger charge is 2.58. The van der Waals surface area contributed by atoms with E-state index in [1.807, 2.05) is 0 Å². The Hall–Kier alpha value is -1.66. The largest absolute Gasteiger partial charge is 0.287 e. The molecule has 0 aromatic heterocycles. The summed E-state index contributed by atoms with van der Waals surface area (Å²) in [7, 11) is -3.54. The van der Waals surface area contributed by atoms with E-state index < -0.39 is 26.5 Å². The smallest absolute Gasteiger partial charge is 0.249 e. The monoisotopic (exact) mass is 325 g/mol. The van der Waals surface area contributed by atoms with Crippen molar-refractivity contribution in [1.82, 2.24) is 4.90 Å². The van der Waals surface area contributed by atoms with Crippen molar-refractivity contribution in [3.05, 3.63) is 47.2 Å². The maximum absolute atomic E-state index is 12.6. The molecule has 1 saturated heterocycles. The van der Waals surface area contributed by atoms with Crippen molar-refractivity contribution in [2.45, 2.75) is 17.7 Å². The number of carbonyl (C=O) groups is 2. The zero-order valence-corrected chi connectivity index (χ0v) is 12.7. The third-order valence-electron chi connectivity index (χ3n) is 3.66. The molecule has 1 amide bonds. The molecule has 1 aromatic rings. The highest BCUT2D eigenvalue weighted by Crippen LogP contribution is 2.39. The first-order valence-corrected chi connectivity index (χ1v) is 8.48. The average Bonchev–Trinajstić information content (AvgIpc) is 2.45. The predicted molar refractivity (Wildman–Crippen MR) is 77.5 cm³/mol. The van der Waals surface area contributed by atoms with Gasteiger partial charge >= 0.3 is 0 Å². The maximum Gasteiger partial charge on any atom is 0.249 e. The van der Waals surface area contributed by atoms with E-state index in [2.05, 4.69) is 0 Å². The molecule has 110 valence electrons. The minimum atomic E-state index is -3.54. The normalized spacial score (nSPS) is 27.1. The van der Waals surface area contributed by atoms with Gasteiger partial charge in [-0.1, -0.05) is 30.3 Å². The number of Topliss-reactive ketones (excluding diaryl/α,β-unsaturated/α-hetero) is 1. The maximum atomic E-state index is 12.6. The second-order valence-corrected chi connectivity index (χ2v) is 7.70. The Balaban J connectivity index is 2.10. The van der Waals surface area contributed by atoms with Crippen LogP contribution in [0.5, 0.6) is 0 Å². The van der Waals surface area contributed by atoms with Gasteiger partial charge in [0.05, 0.1) is 11.4 Å². The predicted octanol–water partition coefficient (Wildman–Crippen LogP) is 1.35. The van der Waals surface area contributed by atoms with Crippen LogP contribution in [-0.4, -0.2) is 41.5 Å². The summed E-state index contributed by atoms with van der Waals surface area (Å²) in [6.45, 7) is 1.55. The first-order valence-electron chi connectivity index (χ1n) is 6.33. The van der Waals surface area contributed by atoms with Crippen LogP contribution in [0.15, 0.2) is 41.6 Å². The summed E-state index contributed by atoms with van der Waals surface area (Å²) in [5.74, 6) is -1.15. The molecule has 1 aromatic carbocycles. The number of benzene rings is 1. The van der Waals surface area contributed by atoms with Gasteiger partial charge in [0.25, 0.3) is 0 Å². The standard InChI is InChI=1S/C14H12ClNO4S/c1-8-7-21(19,20)14-10(15)13(18)16(14)11(8)12(17)9-5-3-2-4-6-9/h2-6,10,14H,7H2,1H3/t10-,14-/m0/s1. The van der Waals surface area contributed by atoms with Gasteiger partial charge in [0.1, 0.15) is 5.38 Å². The number of carbonyl (C=O) groups excluding carboxylic acids is 2. The van der Waals surface area contributed by atoms with Crippen molar-refractivity contribution < 1.29 is 18.0 Å². The molecule has 2 aliphatic rings. The lowest BCUT2D eigenvalue weighted by Gasteiger charge is -2.47. The molecule has 0 spiro atoms. The molecule has 0 radical (unpaired) electrons. The number of amides is 1. The fourth-order valence-corrected chi connectivity index (χ4v) is 5.31. The van der Waals surface area contributed by atoms with Crippen LogP contribution in [0.2, 0.25) is 0 Å². The molecule has 0 N–H and O–H groups in total. The molecule has 7 heteroatoms. The molecule has 3 rings (SSSR count). The minimum Gasteiger partial charge on any atom is -0.287 e. The Morgan fingerprint density at radius 3 is 2.52 bits per heavy atom. The summed E-state index contributed by atoms with van der Waals surface area (Å²) in [5.41, 5.74) is 0.927. The topological polar surface area (TPSA) is 71.5 Å². The van der Waals surface area contributed by atoms with Crippen LogP contribution >= 0.6 is 11.6 Å². The van der Waals surface area contributed by atoms with Crippen molar-refractivity contribution in [2.24, 2.45) is 0 Å². The summed E-state index contributed by atoms with van der Waals surface area (Å²) in [6.07, 6.45) is 0. The van der Waals surface area contributed by atoms with E-state index in [1.54, 1.807) is 37.3 Å². The molecule has 5 nitrogen and oxygen atoms in total. The Bertz CT molecular complexity index is 769. The molecule has 2 heterocycles. The second kappa shape index (κ2) is 4.68. The number of sulfone groups is 1. The molecule has 2 atom stereocenters. The van der Waals surface area contributed by atoms with Crippen molar-refractivity contribution in [2.75, 3.05) is 5.75 Å². The van der Waals surface area contributed by atoms with E-state index in [0.717, 1.165) is 4.90 Å². The summed E-state index contributed by atoms with van der Waals surface area (Å²) >= 11 is 5.82. The molecule has 2 aliphatic heterocycles. The molecule has 0 unspecified atom stereocenters. The van der Waals surface area contributed by atoms with Crippen LogP contribution in [0.1, 0.15) is 17.3 Å². The van der Waals surface area contributed by atoms with E-state index in [4.69, 9.17) is 11.6 Å². The van der Waals surface area contributed by atoms with E-state index in [-0.39, 0.29) is 17.2 Å². The minimum absolute atomic E-state index is 0.142. The van der Waals surface area contributed by atoms with Crippen LogP contribution < -0.4 is 0 Å². The molecular weight excluding hydrogens is 314 g/mol. The Morgan fingerprint density at radius 2 is 1.90 bits per heavy atom. The van der Waals surface area contributed by atoms with E-state index in [9.17, 15) is 18.0 Å². The number of β-lactam (4-membered cyclic amide) rings is 1. The Labute approximate surface area is 127 Å². The fraction of sp³-hybridized carbons (Fsp3) is 0.286.